The van der Waals surface area contributed by atoms with Crippen molar-refractivity contribution in [3.63, 3.8) is 0 Å². The molecule has 3 aromatic carbocycles. The summed E-state index contributed by atoms with van der Waals surface area (Å²) in [4.78, 5) is 16.0. The number of nitrogens with zero attached hydrogens (tertiary/aromatic N) is 3. The van der Waals surface area contributed by atoms with E-state index in [1.54, 1.807) is 22.9 Å². The molecule has 1 saturated carbocycles. The van der Waals surface area contributed by atoms with Gasteiger partial charge in [0.2, 0.25) is 5.13 Å². The Morgan fingerprint density at radius 1 is 1.05 bits per heavy atom. The van der Waals surface area contributed by atoms with Gasteiger partial charge >= 0.3 is 5.97 Å². The number of nitrogens with two attached hydrogens (primary N) is 1. The number of thiol groups is 1. The minimum absolute atomic E-state index is 0. The van der Waals surface area contributed by atoms with Crippen LogP contribution >= 0.6 is 11.3 Å². The van der Waals surface area contributed by atoms with E-state index in [9.17, 15) is 18.5 Å². The first-order chi connectivity index (χ1) is 19.3. The quantitative estimate of drug-likeness (QED) is 0.170. The van der Waals surface area contributed by atoms with Gasteiger partial charge in [-0.2, -0.15) is 5.10 Å². The van der Waals surface area contributed by atoms with Gasteiger partial charge in [0.25, 0.3) is 0 Å². The fraction of sp³-hybridized carbons (Fsp3) is 0.138. The molecule has 8 nitrogen and oxygen atoms in total. The zero-order valence-electron chi connectivity index (χ0n) is 21.4. The van der Waals surface area contributed by atoms with Gasteiger partial charge in [0, 0.05) is 34.9 Å². The summed E-state index contributed by atoms with van der Waals surface area (Å²) in [5, 5.41) is 21.7. The second kappa shape index (κ2) is 11.4. The molecule has 6 rings (SSSR count). The highest BCUT2D eigenvalue weighted by atomic mass is 32.2. The van der Waals surface area contributed by atoms with Crippen LogP contribution in [0.25, 0.3) is 27.5 Å². The molecular formula is C29H24F2N4O4S2. The Kier molecular flexibility index (Phi) is 7.91. The van der Waals surface area contributed by atoms with E-state index in [0.717, 1.165) is 35.2 Å². The minimum Gasteiger partial charge on any atom is -0.870 e. The van der Waals surface area contributed by atoms with E-state index < -0.39 is 22.8 Å². The number of aromatic carboxylic acids is 1. The SMILES string of the molecule is N[SH+](=O)c1ccc(Cc2c(-c3cccc(-c4cccc(F)c4)c3)nn(-c3nc(C(=O)O)cs3)c2C2CC2)c(F)c1.[OH-]. The lowest BCUT2D eigenvalue weighted by Gasteiger charge is -2.10. The van der Waals surface area contributed by atoms with Gasteiger partial charge in [0.15, 0.2) is 21.6 Å². The number of halogens is 2. The summed E-state index contributed by atoms with van der Waals surface area (Å²) in [5.41, 5.74) is 4.78. The summed E-state index contributed by atoms with van der Waals surface area (Å²) in [6, 6.07) is 18.2. The molecule has 5 aromatic rings. The van der Waals surface area contributed by atoms with E-state index in [-0.39, 0.29) is 34.2 Å². The lowest BCUT2D eigenvalue weighted by Crippen LogP contribution is -2.05. The van der Waals surface area contributed by atoms with Crippen LogP contribution in [0.2, 0.25) is 0 Å². The van der Waals surface area contributed by atoms with Crippen molar-refractivity contribution in [1.29, 1.82) is 0 Å². The average Bonchev–Trinajstić information content (AvgIpc) is 3.52. The molecule has 1 fully saturated rings. The van der Waals surface area contributed by atoms with Crippen molar-refractivity contribution >= 4 is 28.3 Å². The van der Waals surface area contributed by atoms with Gasteiger partial charge < -0.3 is 10.6 Å². The Labute approximate surface area is 240 Å². The molecule has 1 atom stereocenters. The van der Waals surface area contributed by atoms with Crippen LogP contribution in [-0.4, -0.2) is 31.3 Å². The van der Waals surface area contributed by atoms with Crippen LogP contribution in [0, 0.1) is 11.6 Å². The molecule has 1 aliphatic carbocycles. The van der Waals surface area contributed by atoms with Gasteiger partial charge in [-0.3, -0.25) is 0 Å². The molecule has 41 heavy (non-hydrogen) atoms. The topological polar surface area (TPSA) is 141 Å². The zero-order chi connectivity index (χ0) is 28.0. The van der Waals surface area contributed by atoms with Crippen molar-refractivity contribution in [1.82, 2.24) is 14.8 Å². The Morgan fingerprint density at radius 2 is 1.76 bits per heavy atom. The summed E-state index contributed by atoms with van der Waals surface area (Å²) >= 11 is 1.17. The Morgan fingerprint density at radius 3 is 2.39 bits per heavy atom. The first kappa shape index (κ1) is 28.4. The first-order valence-electron chi connectivity index (χ1n) is 12.5. The van der Waals surface area contributed by atoms with E-state index in [4.69, 9.17) is 10.2 Å². The van der Waals surface area contributed by atoms with Gasteiger partial charge in [-0.05, 0) is 53.8 Å². The largest absolute Gasteiger partial charge is 0.870 e. The maximum Gasteiger partial charge on any atom is 0.355 e. The smallest absolute Gasteiger partial charge is 0.355 e. The highest BCUT2D eigenvalue weighted by Gasteiger charge is 2.34. The monoisotopic (exact) mass is 594 g/mol. The molecule has 4 N–H and O–H groups in total. The van der Waals surface area contributed by atoms with Crippen LogP contribution in [0.4, 0.5) is 8.78 Å². The van der Waals surface area contributed by atoms with Gasteiger partial charge in [0.05, 0.1) is 11.4 Å². The first-order valence-corrected chi connectivity index (χ1v) is 14.7. The number of benzene rings is 3. The van der Waals surface area contributed by atoms with Crippen molar-refractivity contribution in [2.45, 2.75) is 30.1 Å². The third-order valence-electron chi connectivity index (χ3n) is 6.83. The second-order valence-electron chi connectivity index (χ2n) is 9.59. The van der Waals surface area contributed by atoms with Crippen molar-refractivity contribution in [3.05, 3.63) is 106 Å². The summed E-state index contributed by atoms with van der Waals surface area (Å²) in [5.74, 6) is -1.85. The molecule has 0 radical (unpaired) electrons. The predicted octanol–water partition coefficient (Wildman–Crippen LogP) is 5.86. The van der Waals surface area contributed by atoms with E-state index in [1.807, 2.05) is 30.3 Å². The van der Waals surface area contributed by atoms with E-state index in [2.05, 4.69) is 4.98 Å². The van der Waals surface area contributed by atoms with E-state index >= 15 is 4.39 Å². The van der Waals surface area contributed by atoms with Crippen LogP contribution in [-0.2, 0) is 21.6 Å². The molecule has 2 aromatic heterocycles. The van der Waals surface area contributed by atoms with Crippen LogP contribution in [0.3, 0.4) is 0 Å². The number of aromatic nitrogens is 3. The van der Waals surface area contributed by atoms with Gasteiger partial charge in [-0.25, -0.2) is 23.2 Å². The molecule has 1 unspecified atom stereocenters. The standard InChI is InChI=1S/C29H22F2N4O3S2.H2O/c30-21-6-2-4-18(12-21)17-3-1-5-20(11-17)26-23(13-19-9-10-22(40(32)38)14-24(19)31)27(16-7-8-16)35(34-26)29-33-25(15-39-29)28(36)37;/h1-6,9-12,14-16H,7-8,13H2,(H2,32,38)(H,36,37);1H2. The number of carbonyl (C=O) groups is 1. The van der Waals surface area contributed by atoms with Crippen molar-refractivity contribution in [2.24, 2.45) is 5.14 Å². The summed E-state index contributed by atoms with van der Waals surface area (Å²) in [6.45, 7) is 0. The number of thiazole rings is 1. The molecule has 0 aliphatic heterocycles. The Balaban J connectivity index is 0.00000337. The lowest BCUT2D eigenvalue weighted by atomic mass is 9.95. The number of carboxylic acids is 1. The number of carboxylic acid groups (broad SMARTS) is 1. The second-order valence-corrected chi connectivity index (χ2v) is 11.6. The fourth-order valence-corrected chi connectivity index (χ4v) is 6.00. The Bertz CT molecular complexity index is 1800. The Hall–Kier alpha value is -4.10. The van der Waals surface area contributed by atoms with E-state index in [0.29, 0.717) is 22.0 Å². The fourth-order valence-electron chi connectivity index (χ4n) is 4.77. The van der Waals surface area contributed by atoms with Gasteiger partial charge in [0.1, 0.15) is 11.6 Å². The molecular weight excluding hydrogens is 570 g/mol. The van der Waals surface area contributed by atoms with Crippen molar-refractivity contribution < 1.29 is 28.4 Å². The van der Waals surface area contributed by atoms with Crippen LogP contribution in [0.5, 0.6) is 0 Å². The van der Waals surface area contributed by atoms with Crippen LogP contribution < -0.4 is 5.14 Å². The van der Waals surface area contributed by atoms with E-state index in [1.165, 1.54) is 34.9 Å². The lowest BCUT2D eigenvalue weighted by molar-refractivity contribution is 0.0691. The average molecular weight is 595 g/mol. The van der Waals surface area contributed by atoms with Gasteiger partial charge in [-0.15, -0.1) is 16.5 Å². The molecule has 12 heteroatoms. The number of rotatable bonds is 8. The number of hydrogen-bond donors (Lipinski definition) is 2. The minimum atomic E-state index is -2.18. The molecule has 1 aliphatic rings. The van der Waals surface area contributed by atoms with Crippen LogP contribution in [0.15, 0.2) is 77.0 Å². The van der Waals surface area contributed by atoms with Gasteiger partial charge in [-0.1, -0.05) is 40.6 Å². The third kappa shape index (κ3) is 5.72. The molecule has 210 valence electrons. The molecule has 0 amide bonds. The normalized spacial score (nSPS) is 13.5. The third-order valence-corrected chi connectivity index (χ3v) is 8.44. The molecule has 0 spiro atoms. The van der Waals surface area contributed by atoms with Crippen molar-refractivity contribution in [2.75, 3.05) is 0 Å². The molecule has 0 bridgehead atoms. The molecule has 0 saturated heterocycles. The van der Waals surface area contributed by atoms with Crippen molar-refractivity contribution in [3.8, 4) is 27.5 Å². The predicted molar refractivity (Wildman–Crippen MR) is 152 cm³/mol. The zero-order valence-corrected chi connectivity index (χ0v) is 23.1. The summed E-state index contributed by atoms with van der Waals surface area (Å²) in [6.07, 6.45) is 2.01. The highest BCUT2D eigenvalue weighted by molar-refractivity contribution is 7.82. The summed E-state index contributed by atoms with van der Waals surface area (Å²) < 4.78 is 42.6. The summed E-state index contributed by atoms with van der Waals surface area (Å²) in [7, 11) is -2.18. The molecule has 2 heterocycles. The highest BCUT2D eigenvalue weighted by Crippen LogP contribution is 2.46. The maximum absolute atomic E-state index is 15.2. The maximum atomic E-state index is 15.2. The van der Waals surface area contributed by atoms with Crippen LogP contribution in [0.1, 0.15) is 46.1 Å². The number of hydrogen-bond acceptors (Lipinski definition) is 6.